The molecule has 20 heteroatoms. The van der Waals surface area contributed by atoms with Crippen molar-refractivity contribution in [2.75, 3.05) is 76.5 Å². The first-order valence-electron chi connectivity index (χ1n) is 29.0. The molecule has 4 heterocycles. The molecule has 2 aromatic heterocycles. The highest BCUT2D eigenvalue weighted by Gasteiger charge is 2.46. The number of nitrogen functional groups attached to an aromatic ring is 1. The van der Waals surface area contributed by atoms with E-state index in [1.807, 2.05) is 74.5 Å². The van der Waals surface area contributed by atoms with Crippen LogP contribution in [0.1, 0.15) is 129 Å². The number of aromatic nitrogens is 3. The molecule has 2 saturated heterocycles. The maximum absolute atomic E-state index is 13.9. The molecule has 5 aromatic rings. The number of aryl methyl sites for hydroxylation is 1. The van der Waals surface area contributed by atoms with E-state index in [1.165, 1.54) is 0 Å². The van der Waals surface area contributed by atoms with Crippen molar-refractivity contribution in [1.82, 2.24) is 41.1 Å². The highest BCUT2D eigenvalue weighted by Crippen LogP contribution is 2.42. The summed E-state index contributed by atoms with van der Waals surface area (Å²) in [5, 5.41) is 21.5. The summed E-state index contributed by atoms with van der Waals surface area (Å²) in [6, 6.07) is 28.6. The first-order chi connectivity index (χ1) is 40.5. The quantitative estimate of drug-likeness (QED) is 0.0242. The van der Waals surface area contributed by atoms with Crippen molar-refractivity contribution in [3.05, 3.63) is 125 Å². The smallest absolute Gasteiger partial charge is 0.410 e. The van der Waals surface area contributed by atoms with Crippen LogP contribution >= 0.6 is 0 Å². The summed E-state index contributed by atoms with van der Waals surface area (Å²) in [6.07, 6.45) is 5.61. The zero-order valence-corrected chi connectivity index (χ0v) is 48.7. The van der Waals surface area contributed by atoms with Gasteiger partial charge in [-0.25, -0.2) is 19.7 Å². The predicted octanol–water partition coefficient (Wildman–Crippen LogP) is 7.45. The van der Waals surface area contributed by atoms with E-state index in [9.17, 15) is 29.2 Å². The topological polar surface area (TPSA) is 265 Å². The number of ether oxygens (including phenoxy) is 4. The minimum Gasteiger partial charge on any atom is -0.444 e. The lowest BCUT2D eigenvalue weighted by atomic mass is 9.84. The second kappa shape index (κ2) is 29.7. The fraction of sp³-hybridized carbons (Fsp3) is 0.453. The number of anilines is 2. The van der Waals surface area contributed by atoms with Gasteiger partial charge in [0.2, 0.25) is 11.8 Å². The van der Waals surface area contributed by atoms with Crippen molar-refractivity contribution >= 4 is 41.2 Å². The van der Waals surface area contributed by atoms with Crippen molar-refractivity contribution in [2.24, 2.45) is 5.92 Å². The van der Waals surface area contributed by atoms with E-state index >= 15 is 0 Å². The molecule has 8 rings (SSSR count). The number of nitrogens with zero attached hydrogens (tertiary/aromatic N) is 6. The molecule has 3 fully saturated rings. The number of pyridine rings is 1. The minimum atomic E-state index is -0.633. The van der Waals surface area contributed by atoms with E-state index in [2.05, 4.69) is 49.1 Å². The molecule has 0 spiro atoms. The van der Waals surface area contributed by atoms with Gasteiger partial charge >= 0.3 is 6.09 Å². The minimum absolute atomic E-state index is 0.0724. The molecule has 3 aliphatic rings. The number of carbonyl (C=O) groups excluding carboxylic acids is 5. The Kier molecular flexibility index (Phi) is 21.8. The monoisotopic (exact) mass is 1140 g/mol. The third-order valence-corrected chi connectivity index (χ3v) is 14.8. The Hall–Kier alpha value is -8.43. The van der Waals surface area contributed by atoms with Crippen LogP contribution < -0.4 is 31.9 Å². The van der Waals surface area contributed by atoms with E-state index < -0.39 is 29.7 Å². The number of fused-ring (bicyclic) bond motifs is 1. The standard InChI is InChI=1S/C64H77N11O9/c1-42(69-60(77)47-18-16-45(17-19-47)46-20-22-51(66)23-21-46)54-39-58(71-43(2)70-54)75-56-15-7-6-12-49(56)38-57(75)62(79)68-27-30-82-32-34-83-33-31-81-29-25-59(76)67-26-9-8-14-52-36-50(48-13-10-11-44(35-48)40-65)37-55(72-52)61(78)73-53-24-28-74(41-53)63(80)84-64(3,4)5/h10-11,13,16-23,35-37,39,42,49,53,56-57H,6-7,9,12,15,24-34,38,41,66H2,1-5H3,(H,67,76)(H,68,79)(H,69,77)(H,73,78)/t42-,49-,53+,56-,57-/m0/s1. The van der Waals surface area contributed by atoms with Gasteiger partial charge in [0, 0.05) is 68.4 Å². The molecule has 3 aromatic carbocycles. The molecule has 0 radical (unpaired) electrons. The Morgan fingerprint density at radius 3 is 2.23 bits per heavy atom. The van der Waals surface area contributed by atoms with Gasteiger partial charge in [-0.3, -0.25) is 19.2 Å². The van der Waals surface area contributed by atoms with Gasteiger partial charge in [-0.05, 0) is 143 Å². The number of likely N-dealkylation sites (tertiary alicyclic amines) is 1. The normalized spacial score (nSPS) is 17.7. The zero-order chi connectivity index (χ0) is 59.6. The van der Waals surface area contributed by atoms with Crippen molar-refractivity contribution in [1.29, 1.82) is 5.26 Å². The first-order valence-corrected chi connectivity index (χ1v) is 29.0. The van der Waals surface area contributed by atoms with Crippen LogP contribution in [0.3, 0.4) is 0 Å². The third-order valence-electron chi connectivity index (χ3n) is 14.8. The average Bonchev–Trinajstić information content (AvgIpc) is 3.18. The van der Waals surface area contributed by atoms with E-state index in [4.69, 9.17) is 34.6 Å². The van der Waals surface area contributed by atoms with Crippen LogP contribution in [-0.2, 0) is 28.5 Å². The van der Waals surface area contributed by atoms with E-state index in [1.54, 1.807) is 56.0 Å². The van der Waals surface area contributed by atoms with Crippen LogP contribution in [-0.4, -0.2) is 139 Å². The molecule has 2 aliphatic heterocycles. The van der Waals surface area contributed by atoms with Crippen molar-refractivity contribution in [3.8, 4) is 40.2 Å². The molecular weight excluding hydrogens is 1070 g/mol. The average molecular weight is 1140 g/mol. The van der Waals surface area contributed by atoms with E-state index in [0.29, 0.717) is 123 Å². The number of nitriles is 1. The lowest BCUT2D eigenvalue weighted by molar-refractivity contribution is -0.123. The van der Waals surface area contributed by atoms with Crippen LogP contribution in [0.15, 0.2) is 91.0 Å². The summed E-state index contributed by atoms with van der Waals surface area (Å²) in [6.45, 7) is 12.4. The van der Waals surface area contributed by atoms with Gasteiger partial charge in [0.15, 0.2) is 0 Å². The molecule has 5 amide bonds. The second-order valence-electron chi connectivity index (χ2n) is 22.3. The zero-order valence-electron chi connectivity index (χ0n) is 48.7. The fourth-order valence-corrected chi connectivity index (χ4v) is 10.6. The van der Waals surface area contributed by atoms with Gasteiger partial charge in [0.25, 0.3) is 11.8 Å². The number of amides is 5. The van der Waals surface area contributed by atoms with E-state index in [0.717, 1.165) is 48.8 Å². The van der Waals surface area contributed by atoms with Crippen molar-refractivity contribution in [2.45, 2.75) is 116 Å². The number of benzene rings is 3. The summed E-state index contributed by atoms with van der Waals surface area (Å²) in [4.78, 5) is 83.9. The lowest BCUT2D eigenvalue weighted by Gasteiger charge is -2.35. The summed E-state index contributed by atoms with van der Waals surface area (Å²) in [7, 11) is 0. The summed E-state index contributed by atoms with van der Waals surface area (Å²) < 4.78 is 22.5. The predicted molar refractivity (Wildman–Crippen MR) is 318 cm³/mol. The summed E-state index contributed by atoms with van der Waals surface area (Å²) >= 11 is 0. The van der Waals surface area contributed by atoms with Gasteiger partial charge in [-0.15, -0.1) is 0 Å². The molecule has 5 atom stereocenters. The molecule has 6 N–H and O–H groups in total. The SMILES string of the molecule is Cc1nc([C@H](C)NC(=O)c2ccc(-c3ccc(N)cc3)cc2)cc(N2[C@H](C(=O)NCCOCCOCCOCCC(=O)NCCC#Cc3cc(-c4cccc(C#N)c4)cc(C(=O)N[C@@H]4CCN(C(=O)OC(C)(C)C)C4)n3)C[C@@H]3CCCC[C@@H]32)n1. The Morgan fingerprint density at radius 2 is 1.49 bits per heavy atom. The van der Waals surface area contributed by atoms with Crippen LogP contribution in [0.25, 0.3) is 22.3 Å². The molecule has 0 unspecified atom stereocenters. The van der Waals surface area contributed by atoms with Crippen molar-refractivity contribution in [3.63, 3.8) is 0 Å². The Morgan fingerprint density at radius 1 is 0.774 bits per heavy atom. The third kappa shape index (κ3) is 17.8. The van der Waals surface area contributed by atoms with Crippen LogP contribution in [0.5, 0.6) is 0 Å². The largest absolute Gasteiger partial charge is 0.444 e. The highest BCUT2D eigenvalue weighted by molar-refractivity contribution is 5.95. The van der Waals surface area contributed by atoms with Gasteiger partial charge in [0.1, 0.15) is 34.7 Å². The fourth-order valence-electron chi connectivity index (χ4n) is 10.6. The maximum atomic E-state index is 13.9. The van der Waals surface area contributed by atoms with Crippen molar-refractivity contribution < 1.29 is 42.9 Å². The Bertz CT molecular complexity index is 3200. The molecule has 1 saturated carbocycles. The van der Waals surface area contributed by atoms with Crippen LogP contribution in [0.4, 0.5) is 16.3 Å². The number of hydrogen-bond donors (Lipinski definition) is 5. The Labute approximate surface area is 492 Å². The number of rotatable bonds is 23. The second-order valence-corrected chi connectivity index (χ2v) is 22.3. The first kappa shape index (κ1) is 61.6. The van der Waals surface area contributed by atoms with Gasteiger partial charge in [0.05, 0.1) is 63.0 Å². The van der Waals surface area contributed by atoms with Crippen LogP contribution in [0, 0.1) is 36.0 Å². The summed E-state index contributed by atoms with van der Waals surface area (Å²) in [5.41, 5.74) is 11.4. The van der Waals surface area contributed by atoms with E-state index in [-0.39, 0.29) is 48.5 Å². The molecule has 442 valence electrons. The molecule has 1 aliphatic carbocycles. The van der Waals surface area contributed by atoms with Gasteiger partial charge in [-0.2, -0.15) is 5.26 Å². The highest BCUT2D eigenvalue weighted by atomic mass is 16.6. The number of carbonyl (C=O) groups is 5. The maximum Gasteiger partial charge on any atom is 0.410 e. The van der Waals surface area contributed by atoms with Crippen LogP contribution in [0.2, 0.25) is 0 Å². The van der Waals surface area contributed by atoms with Gasteiger partial charge in [-0.1, -0.05) is 55.2 Å². The molecule has 0 bridgehead atoms. The molecule has 20 nitrogen and oxygen atoms in total. The number of nitrogens with one attached hydrogen (secondary N) is 4. The number of hydrogen-bond acceptors (Lipinski definition) is 15. The molecular formula is C64H77N11O9. The lowest BCUT2D eigenvalue weighted by Crippen LogP contribution is -2.48. The van der Waals surface area contributed by atoms with Gasteiger partial charge < -0.3 is 55.7 Å². The number of nitrogens with two attached hydrogens (primary N) is 1. The molecule has 84 heavy (non-hydrogen) atoms. The Balaban J connectivity index is 0.707. The summed E-state index contributed by atoms with van der Waals surface area (Å²) in [5.74, 6) is 6.79.